The third-order valence-electron chi connectivity index (χ3n) is 6.52. The van der Waals surface area contributed by atoms with E-state index in [1.54, 1.807) is 31.4 Å². The van der Waals surface area contributed by atoms with Crippen LogP contribution >= 0.6 is 11.3 Å². The van der Waals surface area contributed by atoms with Gasteiger partial charge in [-0.15, -0.1) is 11.3 Å². The maximum Gasteiger partial charge on any atom is 0.279 e. The van der Waals surface area contributed by atoms with Crippen LogP contribution in [0.15, 0.2) is 53.5 Å². The molecular weight excluding hydrogens is 460 g/mol. The average molecular weight is 493 g/mol. The summed E-state index contributed by atoms with van der Waals surface area (Å²) in [5.74, 6) is 0.382. The number of hydrogen-bond donors (Lipinski definition) is 0. The quantitative estimate of drug-likeness (QED) is 0.526. The normalized spacial score (nSPS) is 14.9. The van der Waals surface area contributed by atoms with E-state index in [1.165, 1.54) is 11.3 Å². The number of likely N-dealkylation sites (N-methyl/N-ethyl adjacent to an activating group) is 1. The minimum absolute atomic E-state index is 0.0731. The van der Waals surface area contributed by atoms with Crippen LogP contribution in [-0.4, -0.2) is 66.0 Å². The zero-order chi connectivity index (χ0) is 24.9. The van der Waals surface area contributed by atoms with E-state index in [2.05, 4.69) is 16.8 Å². The maximum atomic E-state index is 13.1. The van der Waals surface area contributed by atoms with E-state index in [1.807, 2.05) is 47.6 Å². The summed E-state index contributed by atoms with van der Waals surface area (Å²) < 4.78 is 7.28. The predicted octanol–water partition coefficient (Wildman–Crippen LogP) is 3.74. The Morgan fingerprint density at radius 2 is 1.71 bits per heavy atom. The highest BCUT2D eigenvalue weighted by atomic mass is 32.1. The molecule has 0 aliphatic carbocycles. The summed E-state index contributed by atoms with van der Waals surface area (Å²) in [4.78, 5) is 36.5. The summed E-state index contributed by atoms with van der Waals surface area (Å²) in [6.45, 7) is 11.1. The molecule has 0 N–H and O–H groups in total. The van der Waals surface area contributed by atoms with Crippen molar-refractivity contribution in [3.05, 3.63) is 80.6 Å². The van der Waals surface area contributed by atoms with Gasteiger partial charge in [-0.2, -0.15) is 4.99 Å². The summed E-state index contributed by atoms with van der Waals surface area (Å²) in [6.07, 6.45) is 0. The molecule has 1 aliphatic rings. The zero-order valence-corrected chi connectivity index (χ0v) is 21.6. The van der Waals surface area contributed by atoms with Crippen molar-refractivity contribution in [2.75, 3.05) is 39.8 Å². The Hall–Kier alpha value is -3.23. The van der Waals surface area contributed by atoms with Crippen molar-refractivity contribution in [2.24, 2.45) is 4.99 Å². The number of benzene rings is 2. The molecule has 8 heteroatoms. The smallest absolute Gasteiger partial charge is 0.279 e. The molecule has 0 atom stereocenters. The number of thiazole rings is 1. The Labute approximate surface area is 210 Å². The highest BCUT2D eigenvalue weighted by molar-refractivity contribution is 7.09. The van der Waals surface area contributed by atoms with Gasteiger partial charge >= 0.3 is 0 Å². The molecule has 0 saturated carbocycles. The predicted molar refractivity (Wildman–Crippen MR) is 138 cm³/mol. The maximum absolute atomic E-state index is 13.1. The van der Waals surface area contributed by atoms with Crippen molar-refractivity contribution in [2.45, 2.75) is 27.3 Å². The minimum Gasteiger partial charge on any atom is -0.497 e. The van der Waals surface area contributed by atoms with Gasteiger partial charge in [-0.05, 0) is 56.3 Å². The van der Waals surface area contributed by atoms with E-state index in [0.29, 0.717) is 28.2 Å². The van der Waals surface area contributed by atoms with Crippen LogP contribution in [0.5, 0.6) is 5.75 Å². The van der Waals surface area contributed by atoms with Crippen LogP contribution in [-0.2, 0) is 6.54 Å². The Morgan fingerprint density at radius 1 is 1.00 bits per heavy atom. The molecule has 35 heavy (non-hydrogen) atoms. The van der Waals surface area contributed by atoms with Gasteiger partial charge < -0.3 is 19.1 Å². The number of carbonyl (C=O) groups excluding carboxylic acids is 2. The Kier molecular flexibility index (Phi) is 7.83. The van der Waals surface area contributed by atoms with Gasteiger partial charge in [0.05, 0.1) is 13.7 Å². The lowest BCUT2D eigenvalue weighted by molar-refractivity contribution is 0.0643. The Morgan fingerprint density at radius 3 is 2.43 bits per heavy atom. The number of amides is 2. The minimum atomic E-state index is -0.311. The summed E-state index contributed by atoms with van der Waals surface area (Å²) in [6, 6.07) is 14.8. The van der Waals surface area contributed by atoms with Crippen LogP contribution in [0.4, 0.5) is 0 Å². The third kappa shape index (κ3) is 5.71. The number of methoxy groups -OCH3 is 1. The zero-order valence-electron chi connectivity index (χ0n) is 20.8. The SMILES string of the molecule is CCN1CCN(C(=O)c2cccc(Cn3c(C)c(C)sc3=NC(=O)c3cccc(OC)c3)c2)CC1. The molecule has 0 unspecified atom stereocenters. The van der Waals surface area contributed by atoms with Gasteiger partial charge in [0.25, 0.3) is 11.8 Å². The van der Waals surface area contributed by atoms with Crippen molar-refractivity contribution < 1.29 is 14.3 Å². The summed E-state index contributed by atoms with van der Waals surface area (Å²) >= 11 is 1.49. The number of carbonyl (C=O) groups is 2. The topological polar surface area (TPSA) is 67.1 Å². The van der Waals surface area contributed by atoms with E-state index < -0.39 is 0 Å². The van der Waals surface area contributed by atoms with Gasteiger partial charge in [0.1, 0.15) is 5.75 Å². The number of aryl methyl sites for hydroxylation is 1. The molecule has 0 bridgehead atoms. The number of hydrogen-bond acceptors (Lipinski definition) is 5. The van der Waals surface area contributed by atoms with Gasteiger partial charge in [-0.1, -0.05) is 25.1 Å². The largest absolute Gasteiger partial charge is 0.497 e. The molecule has 0 radical (unpaired) electrons. The highest BCUT2D eigenvalue weighted by Gasteiger charge is 2.21. The number of aromatic nitrogens is 1. The van der Waals surface area contributed by atoms with Crippen LogP contribution in [0.3, 0.4) is 0 Å². The highest BCUT2D eigenvalue weighted by Crippen LogP contribution is 2.17. The van der Waals surface area contributed by atoms with Gasteiger partial charge in [0, 0.05) is 47.9 Å². The second-order valence-electron chi connectivity index (χ2n) is 8.69. The molecule has 2 heterocycles. The fourth-order valence-corrected chi connectivity index (χ4v) is 5.18. The van der Waals surface area contributed by atoms with Crippen LogP contribution < -0.4 is 9.54 Å². The lowest BCUT2D eigenvalue weighted by atomic mass is 10.1. The second-order valence-corrected chi connectivity index (χ2v) is 9.87. The molecule has 2 amide bonds. The van der Waals surface area contributed by atoms with E-state index in [4.69, 9.17) is 4.74 Å². The summed E-state index contributed by atoms with van der Waals surface area (Å²) in [5.41, 5.74) is 3.23. The van der Waals surface area contributed by atoms with E-state index >= 15 is 0 Å². The first-order valence-electron chi connectivity index (χ1n) is 11.9. The van der Waals surface area contributed by atoms with E-state index in [9.17, 15) is 9.59 Å². The fraction of sp³-hybridized carbons (Fsp3) is 0.370. The molecule has 7 nitrogen and oxygen atoms in total. The molecule has 1 aromatic heterocycles. The third-order valence-corrected chi connectivity index (χ3v) is 7.62. The Bertz CT molecular complexity index is 1290. The first-order chi connectivity index (χ1) is 16.9. The Balaban J connectivity index is 1.58. The summed E-state index contributed by atoms with van der Waals surface area (Å²) in [5, 5.41) is 0. The molecule has 3 aromatic rings. The van der Waals surface area contributed by atoms with E-state index in [0.717, 1.165) is 48.9 Å². The van der Waals surface area contributed by atoms with Crippen LogP contribution in [0, 0.1) is 13.8 Å². The molecule has 4 rings (SSSR count). The lowest BCUT2D eigenvalue weighted by Crippen LogP contribution is -2.48. The standard InChI is InChI=1S/C27H32N4O3S/c1-5-29-12-14-30(15-13-29)26(33)23-10-6-8-21(16-23)18-31-19(2)20(3)35-27(31)28-25(32)22-9-7-11-24(17-22)34-4/h6-11,16-17H,5,12-15,18H2,1-4H3. The second kappa shape index (κ2) is 11.0. The van der Waals surface area contributed by atoms with Crippen molar-refractivity contribution in [1.82, 2.24) is 14.4 Å². The van der Waals surface area contributed by atoms with Crippen molar-refractivity contribution >= 4 is 23.2 Å². The van der Waals surface area contributed by atoms with Gasteiger partial charge in [-0.3, -0.25) is 9.59 Å². The first kappa shape index (κ1) is 24.9. The number of rotatable bonds is 6. The van der Waals surface area contributed by atoms with Gasteiger partial charge in [0.2, 0.25) is 0 Å². The van der Waals surface area contributed by atoms with Crippen LogP contribution in [0.2, 0.25) is 0 Å². The fourth-order valence-electron chi connectivity index (χ4n) is 4.21. The number of piperazine rings is 1. The average Bonchev–Trinajstić information content (AvgIpc) is 3.15. The molecule has 1 saturated heterocycles. The first-order valence-corrected chi connectivity index (χ1v) is 12.7. The van der Waals surface area contributed by atoms with Crippen LogP contribution in [0.1, 0.15) is 43.8 Å². The van der Waals surface area contributed by atoms with Crippen molar-refractivity contribution in [3.8, 4) is 5.75 Å². The molecule has 184 valence electrons. The van der Waals surface area contributed by atoms with Crippen molar-refractivity contribution in [3.63, 3.8) is 0 Å². The van der Waals surface area contributed by atoms with Gasteiger partial charge in [-0.25, -0.2) is 0 Å². The molecule has 1 fully saturated rings. The monoisotopic (exact) mass is 492 g/mol. The summed E-state index contributed by atoms with van der Waals surface area (Å²) in [7, 11) is 1.57. The molecule has 0 spiro atoms. The van der Waals surface area contributed by atoms with Gasteiger partial charge in [0.15, 0.2) is 4.80 Å². The molecular formula is C27H32N4O3S. The molecule has 1 aliphatic heterocycles. The van der Waals surface area contributed by atoms with E-state index in [-0.39, 0.29) is 11.8 Å². The molecule has 2 aromatic carbocycles. The van der Waals surface area contributed by atoms with Crippen molar-refractivity contribution in [1.29, 1.82) is 0 Å². The number of ether oxygens (including phenoxy) is 1. The lowest BCUT2D eigenvalue weighted by Gasteiger charge is -2.34. The number of nitrogens with zero attached hydrogens (tertiary/aromatic N) is 4. The van der Waals surface area contributed by atoms with Crippen LogP contribution in [0.25, 0.3) is 0 Å².